The van der Waals surface area contributed by atoms with E-state index in [2.05, 4.69) is 0 Å². The van der Waals surface area contributed by atoms with Crippen LogP contribution in [0.25, 0.3) is 0 Å². The third kappa shape index (κ3) is 4.97. The van der Waals surface area contributed by atoms with E-state index in [0.717, 1.165) is 0 Å². The van der Waals surface area contributed by atoms with Gasteiger partial charge in [0.2, 0.25) is 0 Å². The van der Waals surface area contributed by atoms with Crippen LogP contribution in [0.4, 0.5) is 0 Å². The Morgan fingerprint density at radius 2 is 1.50 bits per heavy atom. The molecule has 0 unspecified atom stereocenters. The largest absolute Gasteiger partial charge is 0.481 e. The molecule has 0 spiro atoms. The third-order valence-corrected chi connectivity index (χ3v) is 0.642. The molecule has 3 heteroatoms. The van der Waals surface area contributed by atoms with Gasteiger partial charge in [0.25, 0.3) is 0 Å². The second-order valence-corrected chi connectivity index (χ2v) is 2.56. The summed E-state index contributed by atoms with van der Waals surface area (Å²) in [6, 6.07) is 0. The molecular formula is C5H10NdO2. The summed E-state index contributed by atoms with van der Waals surface area (Å²) >= 11 is 0. The van der Waals surface area contributed by atoms with Crippen LogP contribution in [0.3, 0.4) is 0 Å². The van der Waals surface area contributed by atoms with E-state index < -0.39 is 11.4 Å². The molecule has 0 aromatic heterocycles. The Labute approximate surface area is 82.2 Å². The zero-order valence-electron chi connectivity index (χ0n) is 5.36. The fourth-order valence-electron chi connectivity index (χ4n) is 0. The fourth-order valence-corrected chi connectivity index (χ4v) is 0. The van der Waals surface area contributed by atoms with Crippen LogP contribution in [0.5, 0.6) is 0 Å². The van der Waals surface area contributed by atoms with Crippen LogP contribution >= 0.6 is 0 Å². The summed E-state index contributed by atoms with van der Waals surface area (Å²) in [7, 11) is 0. The molecule has 0 bridgehead atoms. The van der Waals surface area contributed by atoms with Crippen LogP contribution in [-0.4, -0.2) is 11.1 Å². The Hall–Kier alpha value is 0.821. The topological polar surface area (TPSA) is 37.3 Å². The molecule has 0 heterocycles. The first kappa shape index (κ1) is 11.6. The van der Waals surface area contributed by atoms with Crippen molar-refractivity contribution in [2.75, 3.05) is 0 Å². The smallest absolute Gasteiger partial charge is 0.308 e. The summed E-state index contributed by atoms with van der Waals surface area (Å²) in [5.74, 6) is -0.757. The number of carbonyl (C=O) groups is 1. The fraction of sp³-hybridized carbons (Fsp3) is 0.800. The predicted molar refractivity (Wildman–Crippen MR) is 27.1 cm³/mol. The van der Waals surface area contributed by atoms with E-state index in [4.69, 9.17) is 5.11 Å². The molecule has 0 aromatic rings. The molecule has 0 aromatic carbocycles. The summed E-state index contributed by atoms with van der Waals surface area (Å²) in [6.45, 7) is 4.99. The van der Waals surface area contributed by atoms with Gasteiger partial charge < -0.3 is 5.11 Å². The van der Waals surface area contributed by atoms with Gasteiger partial charge in [0.15, 0.2) is 0 Å². The second kappa shape index (κ2) is 3.77. The van der Waals surface area contributed by atoms with Crippen LogP contribution in [0.2, 0.25) is 0 Å². The third-order valence-electron chi connectivity index (χ3n) is 0.642. The maximum Gasteiger partial charge on any atom is 0.308 e. The first-order valence-electron chi connectivity index (χ1n) is 2.18. The van der Waals surface area contributed by atoms with Crippen molar-refractivity contribution in [3.63, 3.8) is 0 Å². The van der Waals surface area contributed by atoms with Crippen molar-refractivity contribution in [3.05, 3.63) is 0 Å². The van der Waals surface area contributed by atoms with E-state index in [1.54, 1.807) is 20.8 Å². The van der Waals surface area contributed by atoms with Gasteiger partial charge in [0, 0.05) is 40.8 Å². The summed E-state index contributed by atoms with van der Waals surface area (Å²) in [5, 5.41) is 8.25. The minimum absolute atomic E-state index is 0. The molecule has 0 aliphatic carbocycles. The average molecular weight is 246 g/mol. The maximum absolute atomic E-state index is 10.0. The van der Waals surface area contributed by atoms with Gasteiger partial charge in [-0.05, 0) is 20.8 Å². The van der Waals surface area contributed by atoms with Gasteiger partial charge in [0.05, 0.1) is 5.41 Å². The zero-order chi connectivity index (χ0) is 6.08. The van der Waals surface area contributed by atoms with Crippen LogP contribution in [0.15, 0.2) is 0 Å². The van der Waals surface area contributed by atoms with Crippen molar-refractivity contribution in [3.8, 4) is 0 Å². The summed E-state index contributed by atoms with van der Waals surface area (Å²) < 4.78 is 0. The molecule has 0 saturated carbocycles. The van der Waals surface area contributed by atoms with E-state index >= 15 is 0 Å². The summed E-state index contributed by atoms with van der Waals surface area (Å²) in [6.07, 6.45) is 0. The standard InChI is InChI=1S/C5H10O2.Nd/c1-5(2,3)4(6)7;/h1-3H3,(H,6,7);. The van der Waals surface area contributed by atoms with E-state index in [1.165, 1.54) is 0 Å². The van der Waals surface area contributed by atoms with E-state index in [-0.39, 0.29) is 40.8 Å². The number of carboxylic acids is 1. The van der Waals surface area contributed by atoms with Gasteiger partial charge in [-0.15, -0.1) is 0 Å². The minimum atomic E-state index is -0.757. The van der Waals surface area contributed by atoms with Crippen LogP contribution in [0.1, 0.15) is 20.8 Å². The Morgan fingerprint density at radius 1 is 1.38 bits per heavy atom. The predicted octanol–water partition coefficient (Wildman–Crippen LogP) is 1.12. The van der Waals surface area contributed by atoms with Gasteiger partial charge in [-0.1, -0.05) is 0 Å². The second-order valence-electron chi connectivity index (χ2n) is 2.56. The van der Waals surface area contributed by atoms with Gasteiger partial charge in [-0.2, -0.15) is 0 Å². The van der Waals surface area contributed by atoms with Crippen LogP contribution in [0, 0.1) is 46.3 Å². The molecule has 0 aliphatic rings. The van der Waals surface area contributed by atoms with Gasteiger partial charge in [0.1, 0.15) is 0 Å². The van der Waals surface area contributed by atoms with Crippen molar-refractivity contribution >= 4 is 5.97 Å². The molecular weight excluding hydrogens is 236 g/mol. The Morgan fingerprint density at radius 3 is 1.50 bits per heavy atom. The normalized spacial score (nSPS) is 9.88. The van der Waals surface area contributed by atoms with Crippen molar-refractivity contribution in [1.29, 1.82) is 0 Å². The molecule has 8 heavy (non-hydrogen) atoms. The first-order chi connectivity index (χ1) is 2.94. The molecule has 46 valence electrons. The number of hydrogen-bond acceptors (Lipinski definition) is 1. The minimum Gasteiger partial charge on any atom is -0.481 e. The van der Waals surface area contributed by atoms with Crippen molar-refractivity contribution in [2.45, 2.75) is 20.8 Å². The molecule has 0 radical (unpaired) electrons. The molecule has 0 amide bonds. The monoisotopic (exact) mass is 244 g/mol. The van der Waals surface area contributed by atoms with Crippen LogP contribution in [-0.2, 0) is 4.79 Å². The van der Waals surface area contributed by atoms with Gasteiger partial charge in [-0.25, -0.2) is 0 Å². The van der Waals surface area contributed by atoms with Crippen molar-refractivity contribution in [2.24, 2.45) is 5.41 Å². The quantitative estimate of drug-likeness (QED) is 0.695. The van der Waals surface area contributed by atoms with E-state index in [1.807, 2.05) is 0 Å². The summed E-state index contributed by atoms with van der Waals surface area (Å²) in [5.41, 5.74) is -0.583. The Bertz CT molecular complexity index is 82.9. The average Bonchev–Trinajstić information content (AvgIpc) is 1.31. The molecule has 0 saturated heterocycles. The van der Waals surface area contributed by atoms with Crippen molar-refractivity contribution in [1.82, 2.24) is 0 Å². The number of carboxylic acid groups (broad SMARTS) is 1. The number of rotatable bonds is 0. The van der Waals surface area contributed by atoms with Crippen LogP contribution < -0.4 is 0 Å². The van der Waals surface area contributed by atoms with E-state index in [9.17, 15) is 4.79 Å². The van der Waals surface area contributed by atoms with Gasteiger partial charge in [-0.3, -0.25) is 4.79 Å². The number of aliphatic carboxylic acids is 1. The molecule has 0 fully saturated rings. The molecule has 2 nitrogen and oxygen atoms in total. The van der Waals surface area contributed by atoms with Gasteiger partial charge >= 0.3 is 5.97 Å². The van der Waals surface area contributed by atoms with E-state index in [0.29, 0.717) is 0 Å². The summed E-state index contributed by atoms with van der Waals surface area (Å²) in [4.78, 5) is 10.0. The zero-order valence-corrected chi connectivity index (χ0v) is 8.56. The molecule has 1 N–H and O–H groups in total. The van der Waals surface area contributed by atoms with Crippen molar-refractivity contribution < 1.29 is 50.7 Å². The Kier molecular flexibility index (Phi) is 5.47. The number of hydrogen-bond donors (Lipinski definition) is 1. The maximum atomic E-state index is 10.0. The molecule has 0 rings (SSSR count). The molecule has 0 atom stereocenters. The SMILES string of the molecule is CC(C)(C)C(=O)O.[Nd]. The first-order valence-corrected chi connectivity index (χ1v) is 2.18. The Balaban J connectivity index is 0. The molecule has 0 aliphatic heterocycles.